The highest BCUT2D eigenvalue weighted by molar-refractivity contribution is 9.10. The Hall–Kier alpha value is -1.66. The summed E-state index contributed by atoms with van der Waals surface area (Å²) in [6.07, 6.45) is 0. The van der Waals surface area contributed by atoms with Gasteiger partial charge in [-0.25, -0.2) is 4.39 Å². The molecular formula is C13H9BrClFN2O2. The van der Waals surface area contributed by atoms with Crippen LogP contribution < -0.4 is 5.32 Å². The van der Waals surface area contributed by atoms with Crippen molar-refractivity contribution in [2.24, 2.45) is 0 Å². The summed E-state index contributed by atoms with van der Waals surface area (Å²) in [5.74, 6) is -0.663. The van der Waals surface area contributed by atoms with Crippen molar-refractivity contribution < 1.29 is 9.31 Å². The fraction of sp³-hybridized carbons (Fsp3) is 0.0769. The van der Waals surface area contributed by atoms with E-state index in [0.717, 1.165) is 16.1 Å². The Labute approximate surface area is 127 Å². The maximum Gasteiger partial charge on any atom is 0.272 e. The molecule has 0 atom stereocenters. The van der Waals surface area contributed by atoms with Crippen LogP contribution in [0.3, 0.4) is 0 Å². The molecule has 104 valence electrons. The molecule has 0 fully saturated rings. The zero-order valence-corrected chi connectivity index (χ0v) is 12.4. The fourth-order valence-electron chi connectivity index (χ4n) is 1.62. The lowest BCUT2D eigenvalue weighted by molar-refractivity contribution is -0.385. The van der Waals surface area contributed by atoms with Crippen molar-refractivity contribution in [3.63, 3.8) is 0 Å². The number of non-ortho nitro benzene ring substituents is 1. The molecule has 0 aromatic heterocycles. The van der Waals surface area contributed by atoms with Crippen LogP contribution in [0.2, 0.25) is 5.02 Å². The van der Waals surface area contributed by atoms with Crippen molar-refractivity contribution in [1.29, 1.82) is 0 Å². The minimum absolute atomic E-state index is 0.206. The average molecular weight is 360 g/mol. The Morgan fingerprint density at radius 3 is 2.65 bits per heavy atom. The third-order valence-corrected chi connectivity index (χ3v) is 3.62. The standard InChI is InChI=1S/C13H9BrClFN2O2/c14-11-5-9(15)2-1-8(11)7-17-13-4-3-10(18(19)20)6-12(13)16/h1-6,17H,7H2. The number of hydrogen-bond acceptors (Lipinski definition) is 3. The van der Waals surface area contributed by atoms with Crippen LogP contribution in [0.25, 0.3) is 0 Å². The molecule has 1 N–H and O–H groups in total. The first-order valence-electron chi connectivity index (χ1n) is 5.59. The van der Waals surface area contributed by atoms with Crippen LogP contribution in [0.5, 0.6) is 0 Å². The number of rotatable bonds is 4. The molecular weight excluding hydrogens is 351 g/mol. The van der Waals surface area contributed by atoms with E-state index < -0.39 is 10.7 Å². The van der Waals surface area contributed by atoms with Crippen LogP contribution in [0.1, 0.15) is 5.56 Å². The van der Waals surface area contributed by atoms with E-state index in [2.05, 4.69) is 21.2 Å². The van der Waals surface area contributed by atoms with E-state index in [0.29, 0.717) is 11.6 Å². The minimum Gasteiger partial charge on any atom is -0.379 e. The third-order valence-electron chi connectivity index (χ3n) is 2.65. The van der Waals surface area contributed by atoms with Gasteiger partial charge in [-0.2, -0.15) is 0 Å². The first-order chi connectivity index (χ1) is 9.47. The molecule has 2 aromatic rings. The monoisotopic (exact) mass is 358 g/mol. The highest BCUT2D eigenvalue weighted by atomic mass is 79.9. The molecule has 0 unspecified atom stereocenters. The van der Waals surface area contributed by atoms with Crippen molar-refractivity contribution in [3.8, 4) is 0 Å². The summed E-state index contributed by atoms with van der Waals surface area (Å²) in [7, 11) is 0. The highest BCUT2D eigenvalue weighted by Gasteiger charge is 2.10. The van der Waals surface area contributed by atoms with E-state index in [9.17, 15) is 14.5 Å². The van der Waals surface area contributed by atoms with Gasteiger partial charge < -0.3 is 5.32 Å². The number of halogens is 3. The number of hydrogen-bond donors (Lipinski definition) is 1. The molecule has 0 aliphatic heterocycles. The van der Waals surface area contributed by atoms with E-state index >= 15 is 0 Å². The van der Waals surface area contributed by atoms with E-state index in [1.165, 1.54) is 12.1 Å². The van der Waals surface area contributed by atoms with Crippen molar-refractivity contribution in [3.05, 3.63) is 67.4 Å². The normalized spacial score (nSPS) is 10.3. The van der Waals surface area contributed by atoms with Gasteiger partial charge in [-0.05, 0) is 23.8 Å². The Kier molecular flexibility index (Phi) is 4.57. The third kappa shape index (κ3) is 3.46. The summed E-state index contributed by atoms with van der Waals surface area (Å²) in [4.78, 5) is 9.88. The topological polar surface area (TPSA) is 55.2 Å². The summed E-state index contributed by atoms with van der Waals surface area (Å²) in [5.41, 5.74) is 0.824. The van der Waals surface area contributed by atoms with Crippen LogP contribution in [0.4, 0.5) is 15.8 Å². The van der Waals surface area contributed by atoms with Crippen LogP contribution in [-0.2, 0) is 6.54 Å². The van der Waals surface area contributed by atoms with Gasteiger partial charge in [-0.15, -0.1) is 0 Å². The second-order valence-electron chi connectivity index (χ2n) is 4.01. The Morgan fingerprint density at radius 2 is 2.05 bits per heavy atom. The van der Waals surface area contributed by atoms with Crippen molar-refractivity contribution in [2.45, 2.75) is 6.54 Å². The number of nitro groups is 1. The largest absolute Gasteiger partial charge is 0.379 e. The molecule has 0 heterocycles. The predicted molar refractivity (Wildman–Crippen MR) is 79.5 cm³/mol. The molecule has 0 saturated carbocycles. The van der Waals surface area contributed by atoms with Gasteiger partial charge >= 0.3 is 0 Å². The molecule has 0 radical (unpaired) electrons. The van der Waals surface area contributed by atoms with Gasteiger partial charge in [0.1, 0.15) is 0 Å². The van der Waals surface area contributed by atoms with E-state index in [-0.39, 0.29) is 11.4 Å². The molecule has 0 bridgehead atoms. The zero-order valence-electron chi connectivity index (χ0n) is 10.1. The van der Waals surface area contributed by atoms with Gasteiger partial charge in [-0.1, -0.05) is 33.6 Å². The summed E-state index contributed by atoms with van der Waals surface area (Å²) in [6, 6.07) is 8.77. The smallest absolute Gasteiger partial charge is 0.272 e. The second-order valence-corrected chi connectivity index (χ2v) is 5.30. The van der Waals surface area contributed by atoms with Crippen LogP contribution in [0.15, 0.2) is 40.9 Å². The first-order valence-corrected chi connectivity index (χ1v) is 6.76. The Morgan fingerprint density at radius 1 is 1.30 bits per heavy atom. The van der Waals surface area contributed by atoms with Gasteiger partial charge in [0, 0.05) is 22.1 Å². The van der Waals surface area contributed by atoms with Gasteiger partial charge in [-0.3, -0.25) is 10.1 Å². The number of anilines is 1. The molecule has 7 heteroatoms. The van der Waals surface area contributed by atoms with Gasteiger partial charge in [0.2, 0.25) is 0 Å². The number of benzene rings is 2. The number of nitrogens with one attached hydrogen (secondary N) is 1. The van der Waals surface area contributed by atoms with Crippen molar-refractivity contribution >= 4 is 38.9 Å². The van der Waals surface area contributed by atoms with Crippen molar-refractivity contribution in [1.82, 2.24) is 0 Å². The fourth-order valence-corrected chi connectivity index (χ4v) is 2.44. The Balaban J connectivity index is 2.13. The molecule has 0 spiro atoms. The van der Waals surface area contributed by atoms with E-state index in [1.807, 2.05) is 6.07 Å². The quantitative estimate of drug-likeness (QED) is 0.632. The van der Waals surface area contributed by atoms with E-state index in [4.69, 9.17) is 11.6 Å². The SMILES string of the molecule is O=[N+]([O-])c1ccc(NCc2ccc(Cl)cc2Br)c(F)c1. The summed E-state index contributed by atoms with van der Waals surface area (Å²) in [6.45, 7) is 0.368. The van der Waals surface area contributed by atoms with E-state index in [1.54, 1.807) is 12.1 Å². The molecule has 0 aliphatic rings. The molecule has 0 aliphatic carbocycles. The predicted octanol–water partition coefficient (Wildman–Crippen LogP) is 4.76. The molecule has 2 aromatic carbocycles. The summed E-state index contributed by atoms with van der Waals surface area (Å²) >= 11 is 9.19. The number of nitro benzene ring substituents is 1. The molecule has 4 nitrogen and oxygen atoms in total. The number of nitrogens with zero attached hydrogens (tertiary/aromatic N) is 1. The lowest BCUT2D eigenvalue weighted by atomic mass is 10.2. The lowest BCUT2D eigenvalue weighted by Crippen LogP contribution is -2.02. The maximum absolute atomic E-state index is 13.7. The van der Waals surface area contributed by atoms with Crippen LogP contribution in [-0.4, -0.2) is 4.92 Å². The average Bonchev–Trinajstić information content (AvgIpc) is 2.38. The second kappa shape index (κ2) is 6.19. The molecule has 2 rings (SSSR count). The maximum atomic E-state index is 13.7. The van der Waals surface area contributed by atoms with Crippen LogP contribution >= 0.6 is 27.5 Å². The lowest BCUT2D eigenvalue weighted by Gasteiger charge is -2.09. The summed E-state index contributed by atoms with van der Waals surface area (Å²) in [5, 5.41) is 14.0. The molecule has 0 saturated heterocycles. The van der Waals surface area contributed by atoms with Gasteiger partial charge in [0.25, 0.3) is 5.69 Å². The molecule has 0 amide bonds. The van der Waals surface area contributed by atoms with Crippen molar-refractivity contribution in [2.75, 3.05) is 5.32 Å². The Bertz CT molecular complexity index is 667. The van der Waals surface area contributed by atoms with Gasteiger partial charge in [0.15, 0.2) is 5.82 Å². The first kappa shape index (κ1) is 14.7. The van der Waals surface area contributed by atoms with Gasteiger partial charge in [0.05, 0.1) is 16.7 Å². The highest BCUT2D eigenvalue weighted by Crippen LogP contribution is 2.24. The zero-order chi connectivity index (χ0) is 14.7. The van der Waals surface area contributed by atoms with Crippen LogP contribution in [0, 0.1) is 15.9 Å². The molecule has 20 heavy (non-hydrogen) atoms. The summed E-state index contributed by atoms with van der Waals surface area (Å²) < 4.78 is 14.5. The minimum atomic E-state index is -0.663.